The van der Waals surface area contributed by atoms with Gasteiger partial charge in [-0.15, -0.1) is 0 Å². The Bertz CT molecular complexity index is 436. The Morgan fingerprint density at radius 2 is 1.43 bits per heavy atom. The van der Waals surface area contributed by atoms with E-state index in [-0.39, 0.29) is 0 Å². The normalized spacial score (nSPS) is 13.7. The zero-order valence-corrected chi connectivity index (χ0v) is 15.4. The predicted molar refractivity (Wildman–Crippen MR) is 94.9 cm³/mol. The van der Waals surface area contributed by atoms with Crippen molar-refractivity contribution in [3.63, 3.8) is 0 Å². The van der Waals surface area contributed by atoms with Gasteiger partial charge in [-0.25, -0.2) is 4.57 Å². The summed E-state index contributed by atoms with van der Waals surface area (Å²) in [6.45, 7) is 4.70. The van der Waals surface area contributed by atoms with Gasteiger partial charge in [0, 0.05) is 0 Å². The van der Waals surface area contributed by atoms with Gasteiger partial charge >= 0.3 is 7.82 Å². The zero-order chi connectivity index (χ0) is 16.8. The zero-order valence-electron chi connectivity index (χ0n) is 14.5. The van der Waals surface area contributed by atoms with E-state index in [1.165, 1.54) is 38.5 Å². The highest BCUT2D eigenvalue weighted by Crippen LogP contribution is 2.49. The van der Waals surface area contributed by atoms with E-state index in [4.69, 9.17) is 13.6 Å². The fourth-order valence-corrected chi connectivity index (χ4v) is 3.50. The Hall–Kier alpha value is -0.830. The van der Waals surface area contributed by atoms with Crippen LogP contribution in [0, 0.1) is 0 Å². The Morgan fingerprint density at radius 1 is 0.826 bits per heavy atom. The van der Waals surface area contributed by atoms with Crippen molar-refractivity contribution < 1.29 is 18.1 Å². The van der Waals surface area contributed by atoms with Crippen molar-refractivity contribution in [3.8, 4) is 5.75 Å². The molecule has 132 valence electrons. The van der Waals surface area contributed by atoms with Crippen LogP contribution in [0.1, 0.15) is 65.2 Å². The topological polar surface area (TPSA) is 44.8 Å². The van der Waals surface area contributed by atoms with Gasteiger partial charge in [-0.1, -0.05) is 70.1 Å². The van der Waals surface area contributed by atoms with E-state index in [0.29, 0.717) is 19.0 Å². The third-order valence-electron chi connectivity index (χ3n) is 3.49. The van der Waals surface area contributed by atoms with Crippen LogP contribution in [0.5, 0.6) is 5.75 Å². The van der Waals surface area contributed by atoms with Crippen LogP contribution < -0.4 is 4.52 Å². The summed E-state index contributed by atoms with van der Waals surface area (Å²) in [6.07, 6.45) is 9.68. The van der Waals surface area contributed by atoms with E-state index in [1.54, 1.807) is 19.1 Å². The number of unbranched alkanes of at least 4 members (excludes halogenated alkanes) is 7. The number of benzene rings is 1. The van der Waals surface area contributed by atoms with Gasteiger partial charge in [-0.2, -0.15) is 0 Å². The van der Waals surface area contributed by atoms with Gasteiger partial charge in [0.05, 0.1) is 13.2 Å². The highest BCUT2D eigenvalue weighted by molar-refractivity contribution is 7.48. The molecule has 0 saturated carbocycles. The first kappa shape index (κ1) is 20.2. The standard InChI is InChI=1S/C18H31O4P/c1-3-5-6-7-8-9-10-14-17-21-23(19,20-4-2)22-18-15-12-11-13-16-18/h11-13,15-16H,3-10,14,17H2,1-2H3. The summed E-state index contributed by atoms with van der Waals surface area (Å²) < 4.78 is 28.6. The van der Waals surface area contributed by atoms with Gasteiger partial charge in [-0.3, -0.25) is 9.05 Å². The molecule has 0 saturated heterocycles. The molecule has 1 atom stereocenters. The third kappa shape index (κ3) is 9.80. The lowest BCUT2D eigenvalue weighted by atomic mass is 10.1. The average Bonchev–Trinajstić information content (AvgIpc) is 2.54. The second-order valence-corrected chi connectivity index (χ2v) is 7.17. The van der Waals surface area contributed by atoms with Gasteiger partial charge in [0.15, 0.2) is 0 Å². The summed E-state index contributed by atoms with van der Waals surface area (Å²) in [5.41, 5.74) is 0. The highest BCUT2D eigenvalue weighted by Gasteiger charge is 2.27. The van der Waals surface area contributed by atoms with Crippen molar-refractivity contribution in [2.45, 2.75) is 65.2 Å². The fraction of sp³-hybridized carbons (Fsp3) is 0.667. The smallest absolute Gasteiger partial charge is 0.404 e. The molecule has 0 spiro atoms. The molecule has 0 aliphatic rings. The largest absolute Gasteiger partial charge is 0.530 e. The Morgan fingerprint density at radius 3 is 2.04 bits per heavy atom. The minimum absolute atomic E-state index is 0.293. The van der Waals surface area contributed by atoms with Crippen molar-refractivity contribution in [3.05, 3.63) is 30.3 Å². The molecule has 5 heteroatoms. The van der Waals surface area contributed by atoms with Crippen molar-refractivity contribution >= 4 is 7.82 Å². The van der Waals surface area contributed by atoms with Gasteiger partial charge in [0.1, 0.15) is 5.75 Å². The summed E-state index contributed by atoms with van der Waals surface area (Å²) in [6, 6.07) is 9.00. The summed E-state index contributed by atoms with van der Waals surface area (Å²) >= 11 is 0. The molecular weight excluding hydrogens is 311 g/mol. The van der Waals surface area contributed by atoms with Crippen LogP contribution in [0.2, 0.25) is 0 Å². The summed E-state index contributed by atoms with van der Waals surface area (Å²) in [5, 5.41) is 0. The summed E-state index contributed by atoms with van der Waals surface area (Å²) in [4.78, 5) is 0. The number of rotatable bonds is 14. The lowest BCUT2D eigenvalue weighted by Gasteiger charge is -2.17. The van der Waals surface area contributed by atoms with Crippen LogP contribution >= 0.6 is 7.82 Å². The molecule has 0 aliphatic heterocycles. The van der Waals surface area contributed by atoms with Gasteiger partial charge in [0.25, 0.3) is 0 Å². The van der Waals surface area contributed by atoms with Gasteiger partial charge < -0.3 is 4.52 Å². The van der Waals surface area contributed by atoms with Crippen LogP contribution in [-0.4, -0.2) is 13.2 Å². The summed E-state index contributed by atoms with van der Waals surface area (Å²) in [7, 11) is -3.51. The molecule has 0 N–H and O–H groups in total. The average molecular weight is 342 g/mol. The van der Waals surface area contributed by atoms with E-state index >= 15 is 0 Å². The maximum absolute atomic E-state index is 12.5. The van der Waals surface area contributed by atoms with Crippen LogP contribution in [0.4, 0.5) is 0 Å². The third-order valence-corrected chi connectivity index (χ3v) is 5.00. The van der Waals surface area contributed by atoms with Crippen LogP contribution in [0.15, 0.2) is 30.3 Å². The minimum Gasteiger partial charge on any atom is -0.404 e. The molecule has 0 radical (unpaired) electrons. The molecule has 0 amide bonds. The molecule has 0 heterocycles. The quantitative estimate of drug-likeness (QED) is 0.291. The predicted octanol–water partition coefficient (Wildman–Crippen LogP) is 6.37. The molecule has 4 nitrogen and oxygen atoms in total. The van der Waals surface area contributed by atoms with E-state index in [9.17, 15) is 4.57 Å². The Labute approximate surface area is 141 Å². The number of hydrogen-bond donors (Lipinski definition) is 0. The number of para-hydroxylation sites is 1. The van der Waals surface area contributed by atoms with Crippen LogP contribution in [-0.2, 0) is 13.6 Å². The number of hydrogen-bond acceptors (Lipinski definition) is 4. The van der Waals surface area contributed by atoms with Gasteiger partial charge in [0.2, 0.25) is 0 Å². The number of phosphoric acid groups is 1. The van der Waals surface area contributed by atoms with Crippen LogP contribution in [0.3, 0.4) is 0 Å². The second kappa shape index (κ2) is 12.6. The molecule has 0 aliphatic carbocycles. The van der Waals surface area contributed by atoms with Gasteiger partial charge in [-0.05, 0) is 25.5 Å². The second-order valence-electron chi connectivity index (χ2n) is 5.58. The first-order valence-corrected chi connectivity index (χ1v) is 10.3. The van der Waals surface area contributed by atoms with E-state index in [2.05, 4.69) is 6.92 Å². The monoisotopic (exact) mass is 342 g/mol. The molecule has 0 bridgehead atoms. The molecule has 23 heavy (non-hydrogen) atoms. The lowest BCUT2D eigenvalue weighted by Crippen LogP contribution is -2.03. The molecule has 1 unspecified atom stereocenters. The maximum Gasteiger partial charge on any atom is 0.530 e. The first-order chi connectivity index (χ1) is 11.2. The Balaban J connectivity index is 2.21. The molecular formula is C18H31O4P. The molecule has 1 aromatic rings. The van der Waals surface area contributed by atoms with E-state index in [1.807, 2.05) is 18.2 Å². The van der Waals surface area contributed by atoms with Crippen LogP contribution in [0.25, 0.3) is 0 Å². The van der Waals surface area contributed by atoms with Crippen molar-refractivity contribution in [1.82, 2.24) is 0 Å². The van der Waals surface area contributed by atoms with E-state index < -0.39 is 7.82 Å². The van der Waals surface area contributed by atoms with E-state index in [0.717, 1.165) is 12.8 Å². The SMILES string of the molecule is CCCCCCCCCCOP(=O)(OCC)Oc1ccccc1. The molecule has 1 rings (SSSR count). The minimum atomic E-state index is -3.51. The lowest BCUT2D eigenvalue weighted by molar-refractivity contribution is 0.158. The fourth-order valence-electron chi connectivity index (χ4n) is 2.27. The maximum atomic E-state index is 12.5. The summed E-state index contributed by atoms with van der Waals surface area (Å²) in [5.74, 6) is 0.500. The molecule has 0 fully saturated rings. The Kier molecular flexibility index (Phi) is 11.1. The molecule has 0 aromatic heterocycles. The molecule has 1 aromatic carbocycles. The highest BCUT2D eigenvalue weighted by atomic mass is 31.2. The number of phosphoric ester groups is 1. The van der Waals surface area contributed by atoms with Crippen molar-refractivity contribution in [2.24, 2.45) is 0 Å². The van der Waals surface area contributed by atoms with Crippen molar-refractivity contribution in [2.75, 3.05) is 13.2 Å². The van der Waals surface area contributed by atoms with Crippen molar-refractivity contribution in [1.29, 1.82) is 0 Å². The first-order valence-electron chi connectivity index (χ1n) is 8.84.